The van der Waals surface area contributed by atoms with Crippen molar-refractivity contribution < 1.29 is 9.47 Å². The highest BCUT2D eigenvalue weighted by Gasteiger charge is 2.25. The first-order chi connectivity index (χ1) is 12.3. The number of methoxy groups -OCH3 is 2. The van der Waals surface area contributed by atoms with Gasteiger partial charge in [0.25, 0.3) is 5.56 Å². The largest absolute Gasteiger partial charge is 0.493 e. The van der Waals surface area contributed by atoms with E-state index in [1.54, 1.807) is 14.2 Å². The minimum absolute atomic E-state index is 0.00527. The molecule has 1 aromatic carbocycles. The third-order valence-electron chi connectivity index (χ3n) is 4.72. The van der Waals surface area contributed by atoms with Crippen LogP contribution in [0.2, 0.25) is 0 Å². The number of aromatic nitrogens is 2. The van der Waals surface area contributed by atoms with Crippen LogP contribution < -0.4 is 15.0 Å². The number of nitrogens with one attached hydrogen (secondary N) is 1. The molecule has 26 heavy (non-hydrogen) atoms. The van der Waals surface area contributed by atoms with Crippen molar-refractivity contribution in [2.24, 2.45) is 0 Å². The fraction of sp³-hybridized carbons (Fsp3) is 0.500. The summed E-state index contributed by atoms with van der Waals surface area (Å²) in [5, 5.41) is 0. The molecule has 1 aromatic heterocycles. The lowest BCUT2D eigenvalue weighted by Gasteiger charge is -2.29. The smallest absolute Gasteiger partial charge is 0.254 e. The number of benzene rings is 1. The molecule has 0 radical (unpaired) electrons. The van der Waals surface area contributed by atoms with Gasteiger partial charge < -0.3 is 14.5 Å². The lowest BCUT2D eigenvalue weighted by Crippen LogP contribution is -2.36. The predicted octanol–water partition coefficient (Wildman–Crippen LogP) is 2.64. The number of hydrogen-bond acceptors (Lipinski definition) is 5. The molecule has 0 bridgehead atoms. The first-order valence-electron chi connectivity index (χ1n) is 8.87. The molecule has 0 aliphatic carbocycles. The van der Waals surface area contributed by atoms with E-state index in [1.165, 1.54) is 0 Å². The molecular formula is C20H27N3O3. The number of fused-ring (bicyclic) bond motifs is 1. The highest BCUT2D eigenvalue weighted by atomic mass is 16.5. The van der Waals surface area contributed by atoms with Crippen LogP contribution in [-0.2, 0) is 24.9 Å². The molecule has 0 fully saturated rings. The normalized spacial score (nSPS) is 14.8. The minimum atomic E-state index is -0.181. The summed E-state index contributed by atoms with van der Waals surface area (Å²) in [6.45, 7) is 8.46. The SMILES string of the molecule is COc1ccc(CN2CCc3c(nc(C(C)(C)C)[nH]c3=O)C2)cc1OC. The van der Waals surface area contributed by atoms with Crippen LogP contribution in [0.3, 0.4) is 0 Å². The van der Waals surface area contributed by atoms with Crippen LogP contribution in [0, 0.1) is 0 Å². The Kier molecular flexibility index (Phi) is 5.05. The second-order valence-electron chi connectivity index (χ2n) is 7.74. The van der Waals surface area contributed by atoms with Crippen LogP contribution in [0.4, 0.5) is 0 Å². The van der Waals surface area contributed by atoms with E-state index in [1.807, 2.05) is 18.2 Å². The van der Waals surface area contributed by atoms with Gasteiger partial charge in [-0.25, -0.2) is 4.98 Å². The van der Waals surface area contributed by atoms with Crippen molar-refractivity contribution in [1.82, 2.24) is 14.9 Å². The van der Waals surface area contributed by atoms with E-state index in [2.05, 4.69) is 30.7 Å². The van der Waals surface area contributed by atoms with E-state index < -0.39 is 0 Å². The van der Waals surface area contributed by atoms with Crippen molar-refractivity contribution in [3.8, 4) is 11.5 Å². The highest BCUT2D eigenvalue weighted by Crippen LogP contribution is 2.29. The van der Waals surface area contributed by atoms with Gasteiger partial charge in [0.05, 0.1) is 19.9 Å². The van der Waals surface area contributed by atoms with Gasteiger partial charge in [-0.2, -0.15) is 0 Å². The molecule has 140 valence electrons. The zero-order valence-corrected chi connectivity index (χ0v) is 16.2. The lowest BCUT2D eigenvalue weighted by atomic mass is 9.95. The average Bonchev–Trinajstić information content (AvgIpc) is 2.60. The topological polar surface area (TPSA) is 67.5 Å². The molecule has 6 heteroatoms. The number of rotatable bonds is 4. The van der Waals surface area contributed by atoms with Crippen LogP contribution in [0.25, 0.3) is 0 Å². The third-order valence-corrected chi connectivity index (χ3v) is 4.72. The van der Waals surface area contributed by atoms with E-state index in [9.17, 15) is 4.79 Å². The van der Waals surface area contributed by atoms with E-state index >= 15 is 0 Å². The summed E-state index contributed by atoms with van der Waals surface area (Å²) >= 11 is 0. The van der Waals surface area contributed by atoms with Gasteiger partial charge in [-0.1, -0.05) is 26.8 Å². The van der Waals surface area contributed by atoms with Crippen molar-refractivity contribution in [3.05, 3.63) is 51.2 Å². The lowest BCUT2D eigenvalue weighted by molar-refractivity contribution is 0.239. The second-order valence-corrected chi connectivity index (χ2v) is 7.74. The third kappa shape index (κ3) is 3.75. The van der Waals surface area contributed by atoms with E-state index in [4.69, 9.17) is 14.5 Å². The second kappa shape index (κ2) is 7.11. The maximum Gasteiger partial charge on any atom is 0.254 e. The summed E-state index contributed by atoms with van der Waals surface area (Å²) in [5.74, 6) is 2.20. The molecule has 0 amide bonds. The van der Waals surface area contributed by atoms with E-state index in [-0.39, 0.29) is 11.0 Å². The Labute approximate surface area is 154 Å². The first kappa shape index (κ1) is 18.5. The maximum absolute atomic E-state index is 12.4. The number of nitrogens with zero attached hydrogens (tertiary/aromatic N) is 2. The Morgan fingerprint density at radius 2 is 1.92 bits per heavy atom. The van der Waals surface area contributed by atoms with E-state index in [0.29, 0.717) is 6.54 Å². The van der Waals surface area contributed by atoms with Gasteiger partial charge in [0.2, 0.25) is 0 Å². The standard InChI is InChI=1S/C20H27N3O3/c1-20(2,3)19-21-15-12-23(9-8-14(15)18(24)22-19)11-13-6-7-16(25-4)17(10-13)26-5/h6-7,10H,8-9,11-12H2,1-5H3,(H,21,22,24). The summed E-state index contributed by atoms with van der Waals surface area (Å²) in [5.41, 5.74) is 2.68. The summed E-state index contributed by atoms with van der Waals surface area (Å²) in [4.78, 5) is 22.4. The molecule has 6 nitrogen and oxygen atoms in total. The Balaban J connectivity index is 1.82. The molecule has 0 saturated heterocycles. The molecule has 3 rings (SSSR count). The van der Waals surface area contributed by atoms with Crippen LogP contribution in [-0.4, -0.2) is 35.6 Å². The van der Waals surface area contributed by atoms with Crippen LogP contribution in [0.1, 0.15) is 43.4 Å². The molecular weight excluding hydrogens is 330 g/mol. The van der Waals surface area contributed by atoms with Gasteiger partial charge in [0.1, 0.15) is 5.82 Å². The number of H-pyrrole nitrogens is 1. The van der Waals surface area contributed by atoms with Crippen LogP contribution in [0.15, 0.2) is 23.0 Å². The number of aromatic amines is 1. The monoisotopic (exact) mass is 357 g/mol. The molecule has 0 spiro atoms. The summed E-state index contributed by atoms with van der Waals surface area (Å²) in [6, 6.07) is 5.97. The van der Waals surface area contributed by atoms with Gasteiger partial charge in [-0.15, -0.1) is 0 Å². The number of hydrogen-bond donors (Lipinski definition) is 1. The van der Waals surface area contributed by atoms with Crippen molar-refractivity contribution in [3.63, 3.8) is 0 Å². The minimum Gasteiger partial charge on any atom is -0.493 e. The summed E-state index contributed by atoms with van der Waals surface area (Å²) < 4.78 is 10.7. The van der Waals surface area contributed by atoms with Gasteiger partial charge in [-0.05, 0) is 24.1 Å². The van der Waals surface area contributed by atoms with Gasteiger partial charge in [0, 0.05) is 30.6 Å². The zero-order valence-electron chi connectivity index (χ0n) is 16.2. The molecule has 2 aromatic rings. The fourth-order valence-corrected chi connectivity index (χ4v) is 3.22. The predicted molar refractivity (Wildman–Crippen MR) is 101 cm³/mol. The molecule has 2 heterocycles. The molecule has 0 unspecified atom stereocenters. The van der Waals surface area contributed by atoms with Crippen LogP contribution in [0.5, 0.6) is 11.5 Å². The van der Waals surface area contributed by atoms with Gasteiger partial charge in [0.15, 0.2) is 11.5 Å². The van der Waals surface area contributed by atoms with Gasteiger partial charge in [-0.3, -0.25) is 9.69 Å². The molecule has 1 aliphatic heterocycles. The molecule has 1 aliphatic rings. The van der Waals surface area contributed by atoms with Crippen molar-refractivity contribution in [2.45, 2.75) is 45.7 Å². The number of ether oxygens (including phenoxy) is 2. The Hall–Kier alpha value is -2.34. The Bertz CT molecular complexity index is 852. The van der Waals surface area contributed by atoms with Gasteiger partial charge >= 0.3 is 0 Å². The quantitative estimate of drug-likeness (QED) is 0.911. The zero-order chi connectivity index (χ0) is 18.9. The van der Waals surface area contributed by atoms with Crippen LogP contribution >= 0.6 is 0 Å². The summed E-state index contributed by atoms with van der Waals surface area (Å²) in [7, 11) is 3.28. The van der Waals surface area contributed by atoms with Crippen molar-refractivity contribution >= 4 is 0 Å². The van der Waals surface area contributed by atoms with Crippen molar-refractivity contribution in [1.29, 1.82) is 0 Å². The summed E-state index contributed by atoms with van der Waals surface area (Å²) in [6.07, 6.45) is 0.718. The Morgan fingerprint density at radius 1 is 1.19 bits per heavy atom. The molecule has 0 saturated carbocycles. The average molecular weight is 357 g/mol. The first-order valence-corrected chi connectivity index (χ1v) is 8.87. The maximum atomic E-state index is 12.4. The highest BCUT2D eigenvalue weighted by molar-refractivity contribution is 5.42. The molecule has 0 atom stereocenters. The fourth-order valence-electron chi connectivity index (χ4n) is 3.22. The molecule has 1 N–H and O–H groups in total. The van der Waals surface area contributed by atoms with Crippen molar-refractivity contribution in [2.75, 3.05) is 20.8 Å². The Morgan fingerprint density at radius 3 is 2.58 bits per heavy atom. The van der Waals surface area contributed by atoms with E-state index in [0.717, 1.165) is 53.7 Å².